The smallest absolute Gasteiger partial charge is 0.246 e. The van der Waals surface area contributed by atoms with Crippen LogP contribution in [0.5, 0.6) is 0 Å². The molecule has 7 nitrogen and oxygen atoms in total. The Morgan fingerprint density at radius 1 is 1.48 bits per heavy atom. The monoisotopic (exact) mass is 293 g/mol. The molecule has 2 N–H and O–H groups in total. The Morgan fingerprint density at radius 2 is 2.19 bits per heavy atom. The summed E-state index contributed by atoms with van der Waals surface area (Å²) in [6.07, 6.45) is 4.89. The molecular weight excluding hydrogens is 270 g/mol. The molecule has 0 aliphatic carbocycles. The topological polar surface area (TPSA) is 84.5 Å². The van der Waals surface area contributed by atoms with Gasteiger partial charge in [-0.05, 0) is 13.3 Å². The third-order valence-corrected chi connectivity index (χ3v) is 3.77. The molecule has 116 valence electrons. The van der Waals surface area contributed by atoms with Gasteiger partial charge < -0.3 is 15.5 Å². The summed E-state index contributed by atoms with van der Waals surface area (Å²) in [4.78, 5) is 27.9. The molecule has 1 aliphatic heterocycles. The summed E-state index contributed by atoms with van der Waals surface area (Å²) in [7, 11) is 1.80. The minimum Gasteiger partial charge on any atom is -0.330 e. The van der Waals surface area contributed by atoms with Gasteiger partial charge in [-0.1, -0.05) is 13.3 Å². The number of aryl methyl sites for hydroxylation is 1. The van der Waals surface area contributed by atoms with E-state index in [1.165, 1.54) is 0 Å². The van der Waals surface area contributed by atoms with Crippen molar-refractivity contribution in [3.05, 3.63) is 12.4 Å². The van der Waals surface area contributed by atoms with Gasteiger partial charge in [-0.2, -0.15) is 5.10 Å². The number of carbonyl (C=O) groups excluding carboxylic acids is 2. The van der Waals surface area contributed by atoms with Crippen LogP contribution in [0.15, 0.2) is 12.4 Å². The first-order valence-electron chi connectivity index (χ1n) is 7.22. The highest BCUT2D eigenvalue weighted by molar-refractivity contribution is 5.99. The Kier molecular flexibility index (Phi) is 4.32. The number of hydrogen-bond acceptors (Lipinski definition) is 4. The summed E-state index contributed by atoms with van der Waals surface area (Å²) in [5, 5.41) is 4.07. The zero-order chi connectivity index (χ0) is 15.6. The predicted octanol–water partition coefficient (Wildman–Crippen LogP) is 0.113. The third-order valence-electron chi connectivity index (χ3n) is 3.77. The van der Waals surface area contributed by atoms with Gasteiger partial charge in [0.1, 0.15) is 6.54 Å². The first-order chi connectivity index (χ1) is 9.85. The second-order valence-corrected chi connectivity index (χ2v) is 5.81. The average Bonchev–Trinajstić information content (AvgIpc) is 2.84. The number of aromatic nitrogens is 2. The molecule has 0 saturated carbocycles. The van der Waals surface area contributed by atoms with Crippen molar-refractivity contribution in [1.29, 1.82) is 0 Å². The summed E-state index contributed by atoms with van der Waals surface area (Å²) in [5.41, 5.74) is 5.93. The molecule has 0 spiro atoms. The zero-order valence-electron chi connectivity index (χ0n) is 12.9. The molecule has 1 aliphatic rings. The van der Waals surface area contributed by atoms with E-state index in [9.17, 15) is 9.59 Å². The first kappa shape index (κ1) is 15.5. The van der Waals surface area contributed by atoms with Crippen LogP contribution in [-0.2, 0) is 16.6 Å². The molecule has 0 radical (unpaired) electrons. The summed E-state index contributed by atoms with van der Waals surface area (Å²) >= 11 is 0. The first-order valence-corrected chi connectivity index (χ1v) is 7.22. The molecule has 1 aromatic rings. The van der Waals surface area contributed by atoms with Crippen LogP contribution in [0.25, 0.3) is 0 Å². The molecule has 21 heavy (non-hydrogen) atoms. The fourth-order valence-corrected chi connectivity index (χ4v) is 2.65. The largest absolute Gasteiger partial charge is 0.330 e. The van der Waals surface area contributed by atoms with Crippen LogP contribution < -0.4 is 10.6 Å². The highest BCUT2D eigenvalue weighted by atomic mass is 16.2. The Balaban J connectivity index is 2.04. The van der Waals surface area contributed by atoms with Crippen LogP contribution in [0, 0.1) is 0 Å². The molecule has 2 rings (SSSR count). The fraction of sp³-hybridized carbons (Fsp3) is 0.643. The molecule has 1 fully saturated rings. The van der Waals surface area contributed by atoms with E-state index >= 15 is 0 Å². The van der Waals surface area contributed by atoms with Crippen molar-refractivity contribution in [3.63, 3.8) is 0 Å². The van der Waals surface area contributed by atoms with E-state index in [0.717, 1.165) is 12.1 Å². The van der Waals surface area contributed by atoms with E-state index in [1.807, 2.05) is 6.92 Å². The summed E-state index contributed by atoms with van der Waals surface area (Å²) in [6.45, 7) is 4.76. The molecule has 1 saturated heterocycles. The van der Waals surface area contributed by atoms with Crippen LogP contribution in [-0.4, -0.2) is 51.7 Å². The van der Waals surface area contributed by atoms with Crippen molar-refractivity contribution < 1.29 is 9.59 Å². The predicted molar refractivity (Wildman–Crippen MR) is 79.6 cm³/mol. The highest BCUT2D eigenvalue weighted by Gasteiger charge is 2.36. The summed E-state index contributed by atoms with van der Waals surface area (Å²) < 4.78 is 1.65. The number of carbonyl (C=O) groups is 2. The number of nitrogens with zero attached hydrogens (tertiary/aromatic N) is 4. The van der Waals surface area contributed by atoms with Crippen molar-refractivity contribution >= 4 is 17.5 Å². The van der Waals surface area contributed by atoms with Crippen molar-refractivity contribution in [3.8, 4) is 0 Å². The SMILES string of the molecule is CCCC(C)(N)C(=O)N1CCN(c2cnn(C)c2)C(=O)C1. The number of rotatable bonds is 4. The van der Waals surface area contributed by atoms with Crippen LogP contribution in [0.1, 0.15) is 26.7 Å². The lowest BCUT2D eigenvalue weighted by molar-refractivity contribution is -0.141. The maximum atomic E-state index is 12.4. The summed E-state index contributed by atoms with van der Waals surface area (Å²) in [5.74, 6) is -0.251. The van der Waals surface area contributed by atoms with Crippen LogP contribution in [0.3, 0.4) is 0 Å². The van der Waals surface area contributed by atoms with Crippen molar-refractivity contribution in [2.45, 2.75) is 32.2 Å². The Hall–Kier alpha value is -1.89. The zero-order valence-corrected chi connectivity index (χ0v) is 12.9. The van der Waals surface area contributed by atoms with Gasteiger partial charge in [0.05, 0.1) is 17.4 Å². The van der Waals surface area contributed by atoms with E-state index in [1.54, 1.807) is 40.8 Å². The molecule has 0 bridgehead atoms. The molecule has 1 atom stereocenters. The summed E-state index contributed by atoms with van der Waals surface area (Å²) in [6, 6.07) is 0. The van der Waals surface area contributed by atoms with E-state index in [-0.39, 0.29) is 18.4 Å². The van der Waals surface area contributed by atoms with E-state index in [0.29, 0.717) is 19.5 Å². The van der Waals surface area contributed by atoms with Gasteiger partial charge in [-0.3, -0.25) is 14.3 Å². The Bertz CT molecular complexity index is 537. The van der Waals surface area contributed by atoms with Gasteiger partial charge in [0.2, 0.25) is 11.8 Å². The number of piperazine rings is 1. The normalized spacial score (nSPS) is 18.8. The van der Waals surface area contributed by atoms with Gasteiger partial charge in [0.25, 0.3) is 0 Å². The van der Waals surface area contributed by atoms with Gasteiger partial charge in [-0.25, -0.2) is 0 Å². The van der Waals surface area contributed by atoms with Gasteiger partial charge in [-0.15, -0.1) is 0 Å². The van der Waals surface area contributed by atoms with Crippen LogP contribution >= 0.6 is 0 Å². The second-order valence-electron chi connectivity index (χ2n) is 5.81. The Morgan fingerprint density at radius 3 is 2.71 bits per heavy atom. The van der Waals surface area contributed by atoms with Gasteiger partial charge in [0.15, 0.2) is 0 Å². The molecule has 7 heteroatoms. The molecular formula is C14H23N5O2. The lowest BCUT2D eigenvalue weighted by atomic mass is 9.95. The van der Waals surface area contributed by atoms with E-state index < -0.39 is 5.54 Å². The van der Waals surface area contributed by atoms with Gasteiger partial charge in [0, 0.05) is 26.3 Å². The maximum absolute atomic E-state index is 12.4. The van der Waals surface area contributed by atoms with Gasteiger partial charge >= 0.3 is 0 Å². The molecule has 2 amide bonds. The molecule has 1 unspecified atom stereocenters. The minimum atomic E-state index is -0.897. The molecule has 1 aromatic heterocycles. The lowest BCUT2D eigenvalue weighted by Crippen LogP contribution is -2.59. The van der Waals surface area contributed by atoms with E-state index in [4.69, 9.17) is 5.73 Å². The number of nitrogens with two attached hydrogens (primary N) is 1. The molecule has 2 heterocycles. The van der Waals surface area contributed by atoms with E-state index in [2.05, 4.69) is 5.10 Å². The molecule has 0 aromatic carbocycles. The third kappa shape index (κ3) is 3.24. The highest BCUT2D eigenvalue weighted by Crippen LogP contribution is 2.19. The number of anilines is 1. The fourth-order valence-electron chi connectivity index (χ4n) is 2.65. The van der Waals surface area contributed by atoms with Crippen molar-refractivity contribution in [1.82, 2.24) is 14.7 Å². The quantitative estimate of drug-likeness (QED) is 0.854. The van der Waals surface area contributed by atoms with Crippen molar-refractivity contribution in [2.75, 3.05) is 24.5 Å². The minimum absolute atomic E-state index is 0.0736. The standard InChI is InChI=1S/C14H23N5O2/c1-4-5-14(2,15)13(21)18-6-7-19(12(20)10-18)11-8-16-17(3)9-11/h8-9H,4-7,10,15H2,1-3H3. The maximum Gasteiger partial charge on any atom is 0.246 e. The number of hydrogen-bond donors (Lipinski definition) is 1. The lowest BCUT2D eigenvalue weighted by Gasteiger charge is -2.37. The van der Waals surface area contributed by atoms with Crippen LogP contribution in [0.2, 0.25) is 0 Å². The van der Waals surface area contributed by atoms with Crippen LogP contribution in [0.4, 0.5) is 5.69 Å². The van der Waals surface area contributed by atoms with Crippen molar-refractivity contribution in [2.24, 2.45) is 12.8 Å². The number of amides is 2. The second kappa shape index (κ2) is 5.85. The average molecular weight is 293 g/mol. The Labute approximate surface area is 124 Å².